The van der Waals surface area contributed by atoms with Gasteiger partial charge in [0.2, 0.25) is 0 Å². The molecule has 6 nitrogen and oxygen atoms in total. The number of aryl methyl sites for hydroxylation is 1. The molecule has 1 aromatic heterocycles. The molecule has 1 heterocycles. The molecule has 6 heteroatoms. The number of nitrogens with one attached hydrogen (secondary N) is 1. The third-order valence-corrected chi connectivity index (χ3v) is 3.50. The van der Waals surface area contributed by atoms with Gasteiger partial charge < -0.3 is 14.8 Å². The molecule has 0 saturated carbocycles. The normalized spacial score (nSPS) is 11.2. The third-order valence-electron chi connectivity index (χ3n) is 3.50. The highest BCUT2D eigenvalue weighted by molar-refractivity contribution is 6.04. The van der Waals surface area contributed by atoms with Crippen LogP contribution in [-0.4, -0.2) is 29.9 Å². The van der Waals surface area contributed by atoms with Gasteiger partial charge in [-0.05, 0) is 12.1 Å². The van der Waals surface area contributed by atoms with E-state index >= 15 is 0 Å². The second-order valence-electron chi connectivity index (χ2n) is 6.34. The van der Waals surface area contributed by atoms with Crippen LogP contribution in [0.5, 0.6) is 11.5 Å². The van der Waals surface area contributed by atoms with Gasteiger partial charge in [0.1, 0.15) is 17.3 Å². The summed E-state index contributed by atoms with van der Waals surface area (Å²) in [5.74, 6) is 1.53. The largest absolute Gasteiger partial charge is 0.497 e. The van der Waals surface area contributed by atoms with E-state index in [9.17, 15) is 4.79 Å². The minimum absolute atomic E-state index is 0.0834. The molecule has 0 aliphatic carbocycles. The van der Waals surface area contributed by atoms with Gasteiger partial charge in [0.05, 0.1) is 19.9 Å². The summed E-state index contributed by atoms with van der Waals surface area (Å²) in [4.78, 5) is 12.5. The van der Waals surface area contributed by atoms with Crippen molar-refractivity contribution in [2.45, 2.75) is 26.2 Å². The third kappa shape index (κ3) is 3.83. The Morgan fingerprint density at radius 3 is 2.09 bits per heavy atom. The van der Waals surface area contributed by atoms with E-state index in [0.29, 0.717) is 22.9 Å². The summed E-state index contributed by atoms with van der Waals surface area (Å²) in [6.07, 6.45) is 0. The first kappa shape index (κ1) is 16.9. The summed E-state index contributed by atoms with van der Waals surface area (Å²) < 4.78 is 12.0. The summed E-state index contributed by atoms with van der Waals surface area (Å²) in [6, 6.07) is 6.94. The maximum absolute atomic E-state index is 12.5. The Balaban J connectivity index is 2.27. The van der Waals surface area contributed by atoms with E-state index in [0.717, 1.165) is 5.69 Å². The number of benzene rings is 1. The lowest BCUT2D eigenvalue weighted by atomic mass is 9.92. The van der Waals surface area contributed by atoms with E-state index in [1.807, 2.05) is 6.07 Å². The molecule has 124 valence electrons. The highest BCUT2D eigenvalue weighted by Crippen LogP contribution is 2.25. The van der Waals surface area contributed by atoms with Gasteiger partial charge in [-0.1, -0.05) is 20.8 Å². The quantitative estimate of drug-likeness (QED) is 0.941. The highest BCUT2D eigenvalue weighted by Gasteiger charge is 2.20. The molecule has 1 amide bonds. The monoisotopic (exact) mass is 317 g/mol. The molecule has 0 aliphatic rings. The van der Waals surface area contributed by atoms with Crippen LogP contribution in [0.15, 0.2) is 24.3 Å². The zero-order valence-corrected chi connectivity index (χ0v) is 14.4. The van der Waals surface area contributed by atoms with Gasteiger partial charge in [-0.25, -0.2) is 0 Å². The number of ether oxygens (including phenoxy) is 2. The minimum Gasteiger partial charge on any atom is -0.497 e. The Morgan fingerprint density at radius 2 is 1.65 bits per heavy atom. The van der Waals surface area contributed by atoms with E-state index in [1.54, 1.807) is 44.1 Å². The van der Waals surface area contributed by atoms with Crippen LogP contribution in [0.25, 0.3) is 0 Å². The molecular weight excluding hydrogens is 294 g/mol. The van der Waals surface area contributed by atoms with Crippen LogP contribution >= 0.6 is 0 Å². The van der Waals surface area contributed by atoms with Crippen molar-refractivity contribution in [2.24, 2.45) is 7.05 Å². The van der Waals surface area contributed by atoms with E-state index in [-0.39, 0.29) is 11.3 Å². The average Bonchev–Trinajstić information content (AvgIpc) is 2.87. The molecular formula is C17H23N3O3. The van der Waals surface area contributed by atoms with Crippen molar-refractivity contribution in [1.82, 2.24) is 9.78 Å². The molecule has 0 bridgehead atoms. The number of hydrogen-bond donors (Lipinski definition) is 1. The Hall–Kier alpha value is -2.50. The molecule has 0 aliphatic heterocycles. The number of aromatic nitrogens is 2. The maximum Gasteiger partial charge on any atom is 0.257 e. The van der Waals surface area contributed by atoms with E-state index in [4.69, 9.17) is 9.47 Å². The van der Waals surface area contributed by atoms with Crippen LogP contribution in [0.3, 0.4) is 0 Å². The van der Waals surface area contributed by atoms with Crippen LogP contribution in [0.4, 0.5) is 5.82 Å². The van der Waals surface area contributed by atoms with Crippen LogP contribution < -0.4 is 14.8 Å². The van der Waals surface area contributed by atoms with Gasteiger partial charge in [0, 0.05) is 30.2 Å². The number of amides is 1. The van der Waals surface area contributed by atoms with Gasteiger partial charge in [0.25, 0.3) is 5.91 Å². The lowest BCUT2D eigenvalue weighted by molar-refractivity contribution is 0.102. The number of rotatable bonds is 4. The fourth-order valence-corrected chi connectivity index (χ4v) is 2.08. The Kier molecular flexibility index (Phi) is 4.63. The van der Waals surface area contributed by atoms with Gasteiger partial charge in [-0.2, -0.15) is 5.10 Å². The van der Waals surface area contributed by atoms with E-state index in [2.05, 4.69) is 31.2 Å². The Morgan fingerprint density at radius 1 is 1.09 bits per heavy atom. The topological polar surface area (TPSA) is 65.4 Å². The average molecular weight is 317 g/mol. The van der Waals surface area contributed by atoms with Crippen molar-refractivity contribution >= 4 is 11.7 Å². The van der Waals surface area contributed by atoms with Crippen molar-refractivity contribution in [3.8, 4) is 11.5 Å². The molecule has 0 radical (unpaired) electrons. The molecule has 1 aromatic carbocycles. The molecule has 2 aromatic rings. The minimum atomic E-state index is -0.245. The van der Waals surface area contributed by atoms with Crippen LogP contribution in [0.1, 0.15) is 36.8 Å². The molecule has 2 rings (SSSR count). The predicted octanol–water partition coefficient (Wildman–Crippen LogP) is 2.99. The molecule has 0 unspecified atom stereocenters. The first-order valence-electron chi connectivity index (χ1n) is 7.33. The SMILES string of the molecule is COc1cc(OC)cc(C(=O)Nc2cc(C(C)(C)C)nn2C)c1. The molecule has 0 atom stereocenters. The smallest absolute Gasteiger partial charge is 0.257 e. The van der Waals surface area contributed by atoms with Gasteiger partial charge in [-0.3, -0.25) is 9.48 Å². The van der Waals surface area contributed by atoms with Gasteiger partial charge in [0.15, 0.2) is 0 Å². The van der Waals surface area contributed by atoms with Crippen LogP contribution in [0, 0.1) is 0 Å². The lowest BCUT2D eigenvalue weighted by Gasteiger charge is -2.13. The maximum atomic E-state index is 12.5. The van der Waals surface area contributed by atoms with Crippen LogP contribution in [-0.2, 0) is 12.5 Å². The van der Waals surface area contributed by atoms with Crippen molar-refractivity contribution in [3.63, 3.8) is 0 Å². The number of hydrogen-bond acceptors (Lipinski definition) is 4. The first-order valence-corrected chi connectivity index (χ1v) is 7.33. The standard InChI is InChI=1S/C17H23N3O3/c1-17(2,3)14-10-15(20(4)19-14)18-16(21)11-7-12(22-5)9-13(8-11)23-6/h7-10H,1-6H3,(H,18,21). The summed E-state index contributed by atoms with van der Waals surface area (Å²) in [5, 5.41) is 7.32. The Labute approximate surface area is 136 Å². The molecule has 0 saturated heterocycles. The van der Waals surface area contributed by atoms with Crippen LogP contribution in [0.2, 0.25) is 0 Å². The van der Waals surface area contributed by atoms with Gasteiger partial charge in [-0.15, -0.1) is 0 Å². The summed E-state index contributed by atoms with van der Waals surface area (Å²) in [5.41, 5.74) is 1.29. The van der Waals surface area contributed by atoms with E-state index < -0.39 is 0 Å². The molecule has 0 fully saturated rings. The molecule has 23 heavy (non-hydrogen) atoms. The number of carbonyl (C=O) groups excluding carboxylic acids is 1. The number of nitrogens with zero attached hydrogens (tertiary/aromatic N) is 2. The zero-order valence-electron chi connectivity index (χ0n) is 14.4. The number of methoxy groups -OCH3 is 2. The van der Waals surface area contributed by atoms with Crippen molar-refractivity contribution in [2.75, 3.05) is 19.5 Å². The fraction of sp³-hybridized carbons (Fsp3) is 0.412. The highest BCUT2D eigenvalue weighted by atomic mass is 16.5. The summed E-state index contributed by atoms with van der Waals surface area (Å²) >= 11 is 0. The second-order valence-corrected chi connectivity index (χ2v) is 6.34. The fourth-order valence-electron chi connectivity index (χ4n) is 2.08. The Bertz CT molecular complexity index is 692. The van der Waals surface area contributed by atoms with Gasteiger partial charge >= 0.3 is 0 Å². The lowest BCUT2D eigenvalue weighted by Crippen LogP contribution is -2.14. The molecule has 1 N–H and O–H groups in total. The van der Waals surface area contributed by atoms with Crippen molar-refractivity contribution in [3.05, 3.63) is 35.5 Å². The number of carbonyl (C=O) groups is 1. The summed E-state index contributed by atoms with van der Waals surface area (Å²) in [6.45, 7) is 6.23. The van der Waals surface area contributed by atoms with Crippen molar-refractivity contribution in [1.29, 1.82) is 0 Å². The van der Waals surface area contributed by atoms with Crippen molar-refractivity contribution < 1.29 is 14.3 Å². The predicted molar refractivity (Wildman–Crippen MR) is 89.4 cm³/mol. The zero-order chi connectivity index (χ0) is 17.2. The van der Waals surface area contributed by atoms with E-state index in [1.165, 1.54) is 0 Å². The summed E-state index contributed by atoms with van der Waals surface area (Å²) in [7, 11) is 4.90. The number of anilines is 1. The molecule has 0 spiro atoms. The second kappa shape index (κ2) is 6.32. The first-order chi connectivity index (χ1) is 10.7.